The Balaban J connectivity index is 1.83. The summed E-state index contributed by atoms with van der Waals surface area (Å²) in [4.78, 5) is 12.9. The quantitative estimate of drug-likeness (QED) is 0.826. The number of halogens is 1. The second-order valence-corrected chi connectivity index (χ2v) is 6.73. The van der Waals surface area contributed by atoms with Crippen LogP contribution in [0, 0.1) is 0 Å². The molecule has 2 aromatic carbocycles. The summed E-state index contributed by atoms with van der Waals surface area (Å²) in [5.74, 6) is 1.21. The first kappa shape index (κ1) is 16.7. The van der Waals surface area contributed by atoms with E-state index < -0.39 is 0 Å². The summed E-state index contributed by atoms with van der Waals surface area (Å²) < 4.78 is 10.6. The molecule has 6 heteroatoms. The monoisotopic (exact) mass is 361 g/mol. The predicted molar refractivity (Wildman–Crippen MR) is 97.4 cm³/mol. The Kier molecular flexibility index (Phi) is 5.02. The predicted octanol–water partition coefficient (Wildman–Crippen LogP) is 4.26. The van der Waals surface area contributed by atoms with Crippen LogP contribution in [0.15, 0.2) is 47.4 Å². The molecule has 1 amide bonds. The molecule has 0 saturated carbocycles. The normalized spacial score (nSPS) is 18.5. The Labute approximate surface area is 149 Å². The van der Waals surface area contributed by atoms with E-state index in [1.807, 2.05) is 36.4 Å². The highest BCUT2D eigenvalue weighted by molar-refractivity contribution is 8.04. The largest absolute Gasteiger partial charge is 0.493 e. The van der Waals surface area contributed by atoms with E-state index in [1.54, 1.807) is 26.4 Å². The standard InChI is InChI=1S/C18H16ClNO3S/c1-22-14-8-5-12(10-15(14)23-2)18-20-17(21)16(24-18)9-11-3-6-13(19)7-4-11/h3-10,18H,1-2H3,(H,20,21)/b16-9-. The SMILES string of the molecule is COc1ccc(C2NC(=O)/C(=C/c3ccc(Cl)cc3)S2)cc1OC. The van der Waals surface area contributed by atoms with Gasteiger partial charge in [-0.05, 0) is 41.5 Å². The van der Waals surface area contributed by atoms with E-state index in [1.165, 1.54) is 11.8 Å². The molecule has 0 radical (unpaired) electrons. The van der Waals surface area contributed by atoms with Crippen LogP contribution < -0.4 is 14.8 Å². The van der Waals surface area contributed by atoms with Gasteiger partial charge >= 0.3 is 0 Å². The molecule has 1 N–H and O–H groups in total. The number of nitrogens with one attached hydrogen (secondary N) is 1. The Morgan fingerprint density at radius 1 is 1.08 bits per heavy atom. The molecule has 3 rings (SSSR count). The minimum atomic E-state index is -0.157. The van der Waals surface area contributed by atoms with Crippen molar-refractivity contribution in [3.05, 3.63) is 63.5 Å². The zero-order chi connectivity index (χ0) is 17.1. The van der Waals surface area contributed by atoms with Gasteiger partial charge in [-0.2, -0.15) is 0 Å². The van der Waals surface area contributed by atoms with Gasteiger partial charge in [0.2, 0.25) is 0 Å². The maximum Gasteiger partial charge on any atom is 0.258 e. The molecule has 0 aromatic heterocycles. The van der Waals surface area contributed by atoms with Crippen LogP contribution in [-0.2, 0) is 4.79 Å². The van der Waals surface area contributed by atoms with E-state index >= 15 is 0 Å². The van der Waals surface area contributed by atoms with Crippen molar-refractivity contribution in [1.82, 2.24) is 5.32 Å². The second-order valence-electron chi connectivity index (χ2n) is 5.15. The molecule has 1 fully saturated rings. The third-order valence-electron chi connectivity index (χ3n) is 3.61. The van der Waals surface area contributed by atoms with Gasteiger partial charge in [0, 0.05) is 5.02 Å². The Hall–Kier alpha value is -2.11. The summed E-state index contributed by atoms with van der Waals surface area (Å²) in [6.07, 6.45) is 1.86. The number of carbonyl (C=O) groups excluding carboxylic acids is 1. The molecule has 124 valence electrons. The number of benzene rings is 2. The number of methoxy groups -OCH3 is 2. The van der Waals surface area contributed by atoms with Gasteiger partial charge in [0.05, 0.1) is 19.1 Å². The molecular weight excluding hydrogens is 346 g/mol. The van der Waals surface area contributed by atoms with Crippen molar-refractivity contribution in [3.63, 3.8) is 0 Å². The number of hydrogen-bond donors (Lipinski definition) is 1. The van der Waals surface area contributed by atoms with Gasteiger partial charge in [-0.15, -0.1) is 0 Å². The van der Waals surface area contributed by atoms with Gasteiger partial charge in [-0.25, -0.2) is 0 Å². The summed E-state index contributed by atoms with van der Waals surface area (Å²) in [5.41, 5.74) is 1.88. The molecular formula is C18H16ClNO3S. The number of thioether (sulfide) groups is 1. The number of carbonyl (C=O) groups is 1. The molecule has 1 aliphatic rings. The molecule has 24 heavy (non-hydrogen) atoms. The minimum absolute atomic E-state index is 0.0882. The lowest BCUT2D eigenvalue weighted by Gasteiger charge is -2.13. The second kappa shape index (κ2) is 7.20. The van der Waals surface area contributed by atoms with Crippen molar-refractivity contribution in [2.75, 3.05) is 14.2 Å². The summed E-state index contributed by atoms with van der Waals surface area (Å²) >= 11 is 7.36. The van der Waals surface area contributed by atoms with Gasteiger partial charge < -0.3 is 14.8 Å². The van der Waals surface area contributed by atoms with Gasteiger partial charge in [-0.3, -0.25) is 4.79 Å². The van der Waals surface area contributed by atoms with E-state index in [2.05, 4.69) is 5.32 Å². The van der Waals surface area contributed by atoms with Crippen LogP contribution in [0.25, 0.3) is 6.08 Å². The van der Waals surface area contributed by atoms with Crippen LogP contribution in [0.4, 0.5) is 0 Å². The highest BCUT2D eigenvalue weighted by Gasteiger charge is 2.29. The van der Waals surface area contributed by atoms with Gasteiger partial charge in [0.15, 0.2) is 11.5 Å². The van der Waals surface area contributed by atoms with Crippen LogP contribution in [0.3, 0.4) is 0 Å². The van der Waals surface area contributed by atoms with E-state index in [-0.39, 0.29) is 11.3 Å². The van der Waals surface area contributed by atoms with Crippen LogP contribution in [0.5, 0.6) is 11.5 Å². The number of rotatable bonds is 4. The first-order valence-corrected chi connectivity index (χ1v) is 8.53. The van der Waals surface area contributed by atoms with Crippen LogP contribution in [-0.4, -0.2) is 20.1 Å². The Morgan fingerprint density at radius 2 is 1.79 bits per heavy atom. The fraction of sp³-hybridized carbons (Fsp3) is 0.167. The first-order chi connectivity index (χ1) is 11.6. The number of hydrogen-bond acceptors (Lipinski definition) is 4. The lowest BCUT2D eigenvalue weighted by atomic mass is 10.2. The number of ether oxygens (including phenoxy) is 2. The maximum atomic E-state index is 12.2. The lowest BCUT2D eigenvalue weighted by molar-refractivity contribution is -0.116. The molecule has 2 aromatic rings. The average molecular weight is 362 g/mol. The van der Waals surface area contributed by atoms with Crippen molar-refractivity contribution in [2.24, 2.45) is 0 Å². The van der Waals surface area contributed by atoms with Crippen molar-refractivity contribution in [3.8, 4) is 11.5 Å². The van der Waals surface area contributed by atoms with E-state index in [0.717, 1.165) is 11.1 Å². The zero-order valence-corrected chi connectivity index (χ0v) is 14.8. The lowest BCUT2D eigenvalue weighted by Crippen LogP contribution is -2.18. The zero-order valence-electron chi connectivity index (χ0n) is 13.2. The Bertz CT molecular complexity index is 789. The van der Waals surface area contributed by atoms with Crippen LogP contribution >= 0.6 is 23.4 Å². The number of amides is 1. The molecule has 1 aliphatic heterocycles. The third-order valence-corrected chi connectivity index (χ3v) is 5.04. The third kappa shape index (κ3) is 3.52. The highest BCUT2D eigenvalue weighted by atomic mass is 35.5. The Morgan fingerprint density at radius 3 is 2.46 bits per heavy atom. The van der Waals surface area contributed by atoms with Gasteiger partial charge in [-0.1, -0.05) is 41.6 Å². The van der Waals surface area contributed by atoms with Crippen molar-refractivity contribution >= 4 is 35.3 Å². The van der Waals surface area contributed by atoms with Crippen LogP contribution in [0.2, 0.25) is 5.02 Å². The van der Waals surface area contributed by atoms with Crippen molar-refractivity contribution in [1.29, 1.82) is 0 Å². The van der Waals surface area contributed by atoms with Crippen molar-refractivity contribution in [2.45, 2.75) is 5.37 Å². The summed E-state index contributed by atoms with van der Waals surface area (Å²) in [6.45, 7) is 0. The first-order valence-electron chi connectivity index (χ1n) is 7.27. The molecule has 1 unspecified atom stereocenters. The van der Waals surface area contributed by atoms with E-state index in [0.29, 0.717) is 21.4 Å². The molecule has 1 atom stereocenters. The topological polar surface area (TPSA) is 47.6 Å². The molecule has 0 spiro atoms. The van der Waals surface area contributed by atoms with Gasteiger partial charge in [0.25, 0.3) is 5.91 Å². The molecule has 4 nitrogen and oxygen atoms in total. The molecule has 1 heterocycles. The van der Waals surface area contributed by atoms with Crippen LogP contribution in [0.1, 0.15) is 16.5 Å². The summed E-state index contributed by atoms with van der Waals surface area (Å²) in [7, 11) is 3.18. The molecule has 0 bridgehead atoms. The highest BCUT2D eigenvalue weighted by Crippen LogP contribution is 2.41. The van der Waals surface area contributed by atoms with Gasteiger partial charge in [0.1, 0.15) is 5.37 Å². The summed E-state index contributed by atoms with van der Waals surface area (Å²) in [6, 6.07) is 13.0. The van der Waals surface area contributed by atoms with Crippen molar-refractivity contribution < 1.29 is 14.3 Å². The average Bonchev–Trinajstić information content (AvgIpc) is 2.97. The minimum Gasteiger partial charge on any atom is -0.493 e. The molecule has 1 saturated heterocycles. The van der Waals surface area contributed by atoms with E-state index in [9.17, 15) is 4.79 Å². The summed E-state index contributed by atoms with van der Waals surface area (Å²) in [5, 5.41) is 3.49. The van der Waals surface area contributed by atoms with E-state index in [4.69, 9.17) is 21.1 Å². The fourth-order valence-corrected chi connectivity index (χ4v) is 3.58. The molecule has 0 aliphatic carbocycles. The maximum absolute atomic E-state index is 12.2. The fourth-order valence-electron chi connectivity index (χ4n) is 2.38. The smallest absolute Gasteiger partial charge is 0.258 e.